The lowest BCUT2D eigenvalue weighted by molar-refractivity contribution is -0.167. The van der Waals surface area contributed by atoms with E-state index in [1.54, 1.807) is 0 Å². The maximum atomic E-state index is 12.7. The Morgan fingerprint density at radius 1 is 0.304 bits per heavy atom. The van der Waals surface area contributed by atoms with E-state index in [4.69, 9.17) is 14.2 Å². The van der Waals surface area contributed by atoms with Crippen LogP contribution in [0.2, 0.25) is 0 Å². The molecule has 6 heteroatoms. The fraction of sp³-hybridized carbons (Fsp3) is 0.730. The van der Waals surface area contributed by atoms with E-state index < -0.39 is 6.10 Å². The standard InChI is InChI=1S/C63H108O6/c1-4-7-10-13-16-18-19-20-21-22-23-24-25-26-27-28-29-30-31-32-33-34-35-36-37-38-39-40-41-42-43-45-47-50-53-56-62(65)68-59-60(58-67-61(64)55-52-49-46-15-12-9-6-3)69-63(66)57-54-51-48-44-17-14-11-8-5-2/h7,10,16,18,20-21,23-24,26-27,29-30,32-33,60H,4-6,8-9,11-15,17,19,22,25,28,31,34-59H2,1-3H3/b10-7-,18-16-,21-20-,24-23-,27-26-,30-29-,33-32-. The number of rotatable bonds is 52. The Bertz CT molecular complexity index is 1330. The number of esters is 3. The molecular weight excluding hydrogens is 853 g/mol. The van der Waals surface area contributed by atoms with Gasteiger partial charge in [0, 0.05) is 19.3 Å². The molecule has 0 saturated carbocycles. The Morgan fingerprint density at radius 3 is 0.884 bits per heavy atom. The van der Waals surface area contributed by atoms with Crippen molar-refractivity contribution in [1.29, 1.82) is 0 Å². The Kier molecular flexibility index (Phi) is 54.3. The molecule has 0 fully saturated rings. The Morgan fingerprint density at radius 2 is 0.565 bits per heavy atom. The molecule has 1 unspecified atom stereocenters. The van der Waals surface area contributed by atoms with Crippen LogP contribution in [0.5, 0.6) is 0 Å². The summed E-state index contributed by atoms with van der Waals surface area (Å²) in [5, 5.41) is 0. The van der Waals surface area contributed by atoms with E-state index in [2.05, 4.69) is 106 Å². The molecule has 0 saturated heterocycles. The zero-order valence-corrected chi connectivity index (χ0v) is 45.3. The summed E-state index contributed by atoms with van der Waals surface area (Å²) in [6.07, 6.45) is 74.8. The lowest BCUT2D eigenvalue weighted by atomic mass is 10.0. The Hall–Kier alpha value is -3.41. The molecule has 0 N–H and O–H groups in total. The predicted molar refractivity (Wildman–Crippen MR) is 297 cm³/mol. The van der Waals surface area contributed by atoms with Gasteiger partial charge in [-0.3, -0.25) is 14.4 Å². The number of hydrogen-bond acceptors (Lipinski definition) is 6. The van der Waals surface area contributed by atoms with Crippen molar-refractivity contribution < 1.29 is 28.6 Å². The van der Waals surface area contributed by atoms with Crippen LogP contribution in [0.25, 0.3) is 0 Å². The molecule has 0 heterocycles. The summed E-state index contributed by atoms with van der Waals surface area (Å²) in [5.74, 6) is -0.878. The molecule has 0 aliphatic heterocycles. The molecule has 0 bridgehead atoms. The van der Waals surface area contributed by atoms with Crippen molar-refractivity contribution >= 4 is 17.9 Å². The van der Waals surface area contributed by atoms with Crippen molar-refractivity contribution in [2.45, 2.75) is 284 Å². The maximum absolute atomic E-state index is 12.7. The third kappa shape index (κ3) is 55.4. The van der Waals surface area contributed by atoms with Crippen LogP contribution in [0.4, 0.5) is 0 Å². The number of allylic oxidation sites excluding steroid dienone is 14. The summed E-state index contributed by atoms with van der Waals surface area (Å²) in [6.45, 7) is 6.47. The van der Waals surface area contributed by atoms with Gasteiger partial charge in [-0.2, -0.15) is 0 Å². The van der Waals surface area contributed by atoms with Gasteiger partial charge >= 0.3 is 17.9 Å². The van der Waals surface area contributed by atoms with Crippen molar-refractivity contribution in [3.63, 3.8) is 0 Å². The molecule has 0 spiro atoms. The van der Waals surface area contributed by atoms with Crippen LogP contribution >= 0.6 is 0 Å². The monoisotopic (exact) mass is 961 g/mol. The second-order valence-electron chi connectivity index (χ2n) is 19.2. The highest BCUT2D eigenvalue weighted by Crippen LogP contribution is 2.16. The number of carbonyl (C=O) groups excluding carboxylic acids is 3. The van der Waals surface area contributed by atoms with Crippen LogP contribution in [0.3, 0.4) is 0 Å². The van der Waals surface area contributed by atoms with Crippen LogP contribution in [-0.4, -0.2) is 37.2 Å². The SMILES string of the molecule is CC/C=C\C/C=C\C/C=C\C/C=C\C/C=C\C/C=C\C/C=C\CCCCCCCCCCCCCCCC(=O)OCC(COC(=O)CCCCCCCCC)OC(=O)CCCCCCCCCCC. The fourth-order valence-corrected chi connectivity index (χ4v) is 8.07. The highest BCUT2D eigenvalue weighted by atomic mass is 16.6. The van der Waals surface area contributed by atoms with Crippen molar-refractivity contribution in [2.75, 3.05) is 13.2 Å². The normalized spacial score (nSPS) is 12.7. The van der Waals surface area contributed by atoms with Crippen LogP contribution in [0.15, 0.2) is 85.1 Å². The second kappa shape index (κ2) is 57.2. The third-order valence-electron chi connectivity index (χ3n) is 12.4. The molecule has 6 nitrogen and oxygen atoms in total. The Labute approximate surface area is 426 Å². The topological polar surface area (TPSA) is 78.9 Å². The summed E-state index contributed by atoms with van der Waals surface area (Å²) in [5.41, 5.74) is 0. The molecule has 0 amide bonds. The van der Waals surface area contributed by atoms with Crippen molar-refractivity contribution in [1.82, 2.24) is 0 Å². The van der Waals surface area contributed by atoms with E-state index in [0.717, 1.165) is 103 Å². The quantitative estimate of drug-likeness (QED) is 0.0262. The van der Waals surface area contributed by atoms with E-state index in [1.165, 1.54) is 135 Å². The average molecular weight is 962 g/mol. The summed E-state index contributed by atoms with van der Waals surface area (Å²) in [6, 6.07) is 0. The number of carbonyl (C=O) groups is 3. The molecule has 69 heavy (non-hydrogen) atoms. The largest absolute Gasteiger partial charge is 0.462 e. The molecule has 0 aromatic heterocycles. The van der Waals surface area contributed by atoms with Gasteiger partial charge in [0.25, 0.3) is 0 Å². The minimum atomic E-state index is -0.768. The molecule has 0 rings (SSSR count). The van der Waals surface area contributed by atoms with Crippen molar-refractivity contribution in [3.05, 3.63) is 85.1 Å². The van der Waals surface area contributed by atoms with Gasteiger partial charge in [-0.05, 0) is 77.0 Å². The number of hydrogen-bond donors (Lipinski definition) is 0. The first-order chi connectivity index (χ1) is 34.0. The minimum absolute atomic E-state index is 0.0722. The summed E-state index contributed by atoms with van der Waals surface area (Å²) < 4.78 is 16.7. The Balaban J connectivity index is 3.95. The zero-order chi connectivity index (χ0) is 50.0. The first-order valence-electron chi connectivity index (χ1n) is 29.1. The van der Waals surface area contributed by atoms with Gasteiger partial charge in [0.1, 0.15) is 13.2 Å². The van der Waals surface area contributed by atoms with E-state index in [0.29, 0.717) is 19.3 Å². The highest BCUT2D eigenvalue weighted by molar-refractivity contribution is 5.71. The molecular formula is C63H108O6. The highest BCUT2D eigenvalue weighted by Gasteiger charge is 2.19. The smallest absolute Gasteiger partial charge is 0.306 e. The van der Waals surface area contributed by atoms with E-state index in [1.807, 2.05) is 0 Å². The molecule has 1 atom stereocenters. The minimum Gasteiger partial charge on any atom is -0.462 e. The van der Waals surface area contributed by atoms with Gasteiger partial charge in [0.2, 0.25) is 0 Å². The van der Waals surface area contributed by atoms with Gasteiger partial charge in [-0.25, -0.2) is 0 Å². The van der Waals surface area contributed by atoms with Gasteiger partial charge < -0.3 is 14.2 Å². The van der Waals surface area contributed by atoms with Crippen LogP contribution in [0, 0.1) is 0 Å². The molecule has 0 aromatic carbocycles. The zero-order valence-electron chi connectivity index (χ0n) is 45.3. The number of unbranched alkanes of at least 4 members (excludes halogenated alkanes) is 27. The molecule has 0 aromatic rings. The average Bonchev–Trinajstić information content (AvgIpc) is 3.35. The van der Waals surface area contributed by atoms with Crippen LogP contribution in [0.1, 0.15) is 278 Å². The second-order valence-corrected chi connectivity index (χ2v) is 19.2. The third-order valence-corrected chi connectivity index (χ3v) is 12.4. The first-order valence-corrected chi connectivity index (χ1v) is 29.1. The fourth-order valence-electron chi connectivity index (χ4n) is 8.07. The lowest BCUT2D eigenvalue weighted by Gasteiger charge is -2.18. The number of ether oxygens (including phenoxy) is 3. The molecule has 0 aliphatic carbocycles. The first kappa shape index (κ1) is 65.6. The van der Waals surface area contributed by atoms with Crippen LogP contribution in [-0.2, 0) is 28.6 Å². The molecule has 0 radical (unpaired) electrons. The van der Waals surface area contributed by atoms with E-state index in [-0.39, 0.29) is 31.1 Å². The summed E-state index contributed by atoms with van der Waals surface area (Å²) in [7, 11) is 0. The predicted octanol–water partition coefficient (Wildman–Crippen LogP) is 19.5. The van der Waals surface area contributed by atoms with Crippen molar-refractivity contribution in [2.24, 2.45) is 0 Å². The molecule has 0 aliphatic rings. The van der Waals surface area contributed by atoms with Crippen LogP contribution < -0.4 is 0 Å². The van der Waals surface area contributed by atoms with E-state index in [9.17, 15) is 14.4 Å². The van der Waals surface area contributed by atoms with Gasteiger partial charge in [-0.15, -0.1) is 0 Å². The molecule has 396 valence electrons. The van der Waals surface area contributed by atoms with Gasteiger partial charge in [0.05, 0.1) is 0 Å². The summed E-state index contributed by atoms with van der Waals surface area (Å²) in [4.78, 5) is 37.7. The van der Waals surface area contributed by atoms with Crippen molar-refractivity contribution in [3.8, 4) is 0 Å². The van der Waals surface area contributed by atoms with E-state index >= 15 is 0 Å². The summed E-state index contributed by atoms with van der Waals surface area (Å²) >= 11 is 0. The lowest BCUT2D eigenvalue weighted by Crippen LogP contribution is -2.30. The maximum Gasteiger partial charge on any atom is 0.306 e. The van der Waals surface area contributed by atoms with Gasteiger partial charge in [0.15, 0.2) is 6.10 Å². The van der Waals surface area contributed by atoms with Gasteiger partial charge in [-0.1, -0.05) is 266 Å².